The zero-order valence-electron chi connectivity index (χ0n) is 12.0. The molecule has 0 heterocycles. The highest BCUT2D eigenvalue weighted by Gasteiger charge is 2.14. The summed E-state index contributed by atoms with van der Waals surface area (Å²) < 4.78 is 7.15. The van der Waals surface area contributed by atoms with E-state index < -0.39 is 0 Å². The van der Waals surface area contributed by atoms with Crippen molar-refractivity contribution in [2.75, 3.05) is 7.05 Å². The van der Waals surface area contributed by atoms with E-state index in [1.165, 1.54) is 5.56 Å². The number of benzene rings is 1. The summed E-state index contributed by atoms with van der Waals surface area (Å²) >= 11 is 3.51. The fourth-order valence-electron chi connectivity index (χ4n) is 2.05. The number of nitrogens with one attached hydrogen (secondary N) is 1. The van der Waals surface area contributed by atoms with E-state index in [9.17, 15) is 0 Å². The van der Waals surface area contributed by atoms with Crippen molar-refractivity contribution in [3.05, 3.63) is 28.2 Å². The van der Waals surface area contributed by atoms with Gasteiger partial charge in [-0.15, -0.1) is 0 Å². The Labute approximate surface area is 119 Å². The summed E-state index contributed by atoms with van der Waals surface area (Å²) in [5, 5.41) is 3.26. The highest BCUT2D eigenvalue weighted by molar-refractivity contribution is 9.10. The summed E-state index contributed by atoms with van der Waals surface area (Å²) in [7, 11) is 1.97. The van der Waals surface area contributed by atoms with E-state index in [-0.39, 0.29) is 6.10 Å². The first kappa shape index (κ1) is 15.5. The third-order valence-corrected chi connectivity index (χ3v) is 3.50. The SMILES string of the molecule is CNC(C)c1ccc(Br)cc1OC(C)CC(C)C. The summed E-state index contributed by atoms with van der Waals surface area (Å²) in [6, 6.07) is 6.52. The maximum absolute atomic E-state index is 6.09. The summed E-state index contributed by atoms with van der Waals surface area (Å²) in [6.07, 6.45) is 1.31. The van der Waals surface area contributed by atoms with Crippen LogP contribution in [-0.4, -0.2) is 13.2 Å². The first-order valence-corrected chi connectivity index (χ1v) is 7.36. The van der Waals surface area contributed by atoms with E-state index in [0.717, 1.165) is 16.6 Å². The van der Waals surface area contributed by atoms with Crippen molar-refractivity contribution >= 4 is 15.9 Å². The molecule has 0 amide bonds. The summed E-state index contributed by atoms with van der Waals surface area (Å²) in [4.78, 5) is 0. The zero-order chi connectivity index (χ0) is 13.7. The van der Waals surface area contributed by atoms with E-state index in [0.29, 0.717) is 12.0 Å². The molecule has 0 aromatic heterocycles. The monoisotopic (exact) mass is 313 g/mol. The van der Waals surface area contributed by atoms with Gasteiger partial charge in [0.15, 0.2) is 0 Å². The van der Waals surface area contributed by atoms with Crippen molar-refractivity contribution < 1.29 is 4.74 Å². The second-order valence-electron chi connectivity index (χ2n) is 5.25. The van der Waals surface area contributed by atoms with Gasteiger partial charge in [0.05, 0.1) is 6.10 Å². The fourth-order valence-corrected chi connectivity index (χ4v) is 2.39. The molecular weight excluding hydrogens is 290 g/mol. The van der Waals surface area contributed by atoms with Crippen LogP contribution >= 0.6 is 15.9 Å². The van der Waals surface area contributed by atoms with Crippen LogP contribution in [0.5, 0.6) is 5.75 Å². The van der Waals surface area contributed by atoms with E-state index in [4.69, 9.17) is 4.74 Å². The van der Waals surface area contributed by atoms with Crippen molar-refractivity contribution in [3.8, 4) is 5.75 Å². The fraction of sp³-hybridized carbons (Fsp3) is 0.600. The van der Waals surface area contributed by atoms with Crippen LogP contribution in [0, 0.1) is 5.92 Å². The Balaban J connectivity index is 2.88. The van der Waals surface area contributed by atoms with Crippen LogP contribution in [0.15, 0.2) is 22.7 Å². The maximum atomic E-state index is 6.09. The van der Waals surface area contributed by atoms with Gasteiger partial charge in [-0.2, -0.15) is 0 Å². The molecule has 102 valence electrons. The molecule has 0 saturated heterocycles. The number of halogens is 1. The number of ether oxygens (including phenoxy) is 1. The van der Waals surface area contributed by atoms with E-state index in [1.54, 1.807) is 0 Å². The number of rotatable bonds is 6. The first-order chi connectivity index (χ1) is 8.43. The third kappa shape index (κ3) is 4.62. The van der Waals surface area contributed by atoms with Crippen molar-refractivity contribution in [1.29, 1.82) is 0 Å². The van der Waals surface area contributed by atoms with Gasteiger partial charge in [-0.3, -0.25) is 0 Å². The lowest BCUT2D eigenvalue weighted by Gasteiger charge is -2.21. The molecule has 0 fully saturated rings. The van der Waals surface area contributed by atoms with Gasteiger partial charge in [0.25, 0.3) is 0 Å². The van der Waals surface area contributed by atoms with Gasteiger partial charge in [0.1, 0.15) is 5.75 Å². The van der Waals surface area contributed by atoms with Crippen LogP contribution in [0.25, 0.3) is 0 Å². The lowest BCUT2D eigenvalue weighted by molar-refractivity contribution is 0.190. The first-order valence-electron chi connectivity index (χ1n) is 6.57. The quantitative estimate of drug-likeness (QED) is 0.832. The van der Waals surface area contributed by atoms with Gasteiger partial charge >= 0.3 is 0 Å². The predicted octanol–water partition coefficient (Wildman–Crippen LogP) is 4.54. The van der Waals surface area contributed by atoms with Crippen molar-refractivity contribution in [1.82, 2.24) is 5.32 Å². The van der Waals surface area contributed by atoms with Crippen LogP contribution < -0.4 is 10.1 Å². The molecule has 3 heteroatoms. The molecule has 0 aliphatic heterocycles. The minimum atomic E-state index is 0.238. The molecule has 2 nitrogen and oxygen atoms in total. The Bertz CT molecular complexity index is 379. The molecular formula is C15H24BrNO. The van der Waals surface area contributed by atoms with E-state index >= 15 is 0 Å². The average molecular weight is 314 g/mol. The number of hydrogen-bond donors (Lipinski definition) is 1. The van der Waals surface area contributed by atoms with Crippen LogP contribution in [0.3, 0.4) is 0 Å². The van der Waals surface area contributed by atoms with Gasteiger partial charge in [-0.25, -0.2) is 0 Å². The van der Waals surface area contributed by atoms with Crippen LogP contribution in [0.1, 0.15) is 45.7 Å². The van der Waals surface area contributed by atoms with Crippen LogP contribution in [0.4, 0.5) is 0 Å². The second-order valence-corrected chi connectivity index (χ2v) is 6.17. The highest BCUT2D eigenvalue weighted by Crippen LogP contribution is 2.30. The molecule has 1 rings (SSSR count). The Morgan fingerprint density at radius 1 is 1.22 bits per heavy atom. The maximum Gasteiger partial charge on any atom is 0.125 e. The van der Waals surface area contributed by atoms with Gasteiger partial charge in [-0.05, 0) is 45.4 Å². The number of hydrogen-bond acceptors (Lipinski definition) is 2. The summed E-state index contributed by atoms with van der Waals surface area (Å²) in [5.41, 5.74) is 1.20. The second kappa shape index (κ2) is 7.15. The van der Waals surface area contributed by atoms with Crippen molar-refractivity contribution in [3.63, 3.8) is 0 Å². The van der Waals surface area contributed by atoms with Gasteiger partial charge < -0.3 is 10.1 Å². The lowest BCUT2D eigenvalue weighted by Crippen LogP contribution is -2.18. The van der Waals surface area contributed by atoms with Gasteiger partial charge in [-0.1, -0.05) is 35.8 Å². The molecule has 1 N–H and O–H groups in total. The Morgan fingerprint density at radius 2 is 1.89 bits per heavy atom. The Hall–Kier alpha value is -0.540. The Morgan fingerprint density at radius 3 is 2.44 bits per heavy atom. The smallest absolute Gasteiger partial charge is 0.125 e. The van der Waals surface area contributed by atoms with Crippen LogP contribution in [-0.2, 0) is 0 Å². The van der Waals surface area contributed by atoms with Crippen molar-refractivity contribution in [2.24, 2.45) is 5.92 Å². The average Bonchev–Trinajstić information content (AvgIpc) is 2.27. The zero-order valence-corrected chi connectivity index (χ0v) is 13.5. The summed E-state index contributed by atoms with van der Waals surface area (Å²) in [6.45, 7) is 8.72. The van der Waals surface area contributed by atoms with Gasteiger partial charge in [0.2, 0.25) is 0 Å². The predicted molar refractivity (Wildman–Crippen MR) is 81.2 cm³/mol. The minimum Gasteiger partial charge on any atom is -0.490 e. The largest absolute Gasteiger partial charge is 0.490 e. The van der Waals surface area contributed by atoms with Gasteiger partial charge in [0, 0.05) is 16.1 Å². The molecule has 2 atom stereocenters. The van der Waals surface area contributed by atoms with Crippen LogP contribution in [0.2, 0.25) is 0 Å². The normalized spacial score (nSPS) is 14.6. The molecule has 0 aliphatic rings. The van der Waals surface area contributed by atoms with E-state index in [1.807, 2.05) is 7.05 Å². The molecule has 0 aliphatic carbocycles. The lowest BCUT2D eigenvalue weighted by atomic mass is 10.1. The molecule has 0 radical (unpaired) electrons. The Kier molecular flexibility index (Phi) is 6.16. The minimum absolute atomic E-state index is 0.238. The molecule has 1 aromatic rings. The van der Waals surface area contributed by atoms with Crippen molar-refractivity contribution in [2.45, 2.75) is 46.3 Å². The molecule has 0 spiro atoms. The molecule has 0 bridgehead atoms. The third-order valence-electron chi connectivity index (χ3n) is 3.01. The molecule has 1 aromatic carbocycles. The molecule has 18 heavy (non-hydrogen) atoms. The standard InChI is InChI=1S/C15H24BrNO/c1-10(2)8-11(3)18-15-9-13(16)6-7-14(15)12(4)17-5/h6-7,9-12,17H,8H2,1-5H3. The van der Waals surface area contributed by atoms with E-state index in [2.05, 4.69) is 67.1 Å². The molecule has 2 unspecified atom stereocenters. The molecule has 0 saturated carbocycles. The highest BCUT2D eigenvalue weighted by atomic mass is 79.9. The summed E-state index contributed by atoms with van der Waals surface area (Å²) in [5.74, 6) is 1.62. The topological polar surface area (TPSA) is 21.3 Å².